The summed E-state index contributed by atoms with van der Waals surface area (Å²) in [5, 5.41) is 3.90. The van der Waals surface area contributed by atoms with Gasteiger partial charge in [0.2, 0.25) is 11.8 Å². The zero-order valence-corrected chi connectivity index (χ0v) is 19.6. The highest BCUT2D eigenvalue weighted by atomic mass is 35.5. The summed E-state index contributed by atoms with van der Waals surface area (Å²) in [6.45, 7) is 5.13. The molecule has 1 N–H and O–H groups in total. The first kappa shape index (κ1) is 25.0. The van der Waals surface area contributed by atoms with Crippen molar-refractivity contribution in [2.45, 2.75) is 52.1 Å². The van der Waals surface area contributed by atoms with Crippen molar-refractivity contribution in [3.63, 3.8) is 0 Å². The molecule has 2 aromatic rings. The lowest BCUT2D eigenvalue weighted by atomic mass is 10.1. The number of hydrogen-bond acceptors (Lipinski definition) is 3. The second-order valence-electron chi connectivity index (χ2n) is 7.24. The lowest BCUT2D eigenvalue weighted by molar-refractivity contribution is -0.141. The van der Waals surface area contributed by atoms with Crippen molar-refractivity contribution < 1.29 is 14.3 Å². The highest BCUT2D eigenvalue weighted by Gasteiger charge is 2.28. The fourth-order valence-electron chi connectivity index (χ4n) is 3.19. The summed E-state index contributed by atoms with van der Waals surface area (Å²) in [6, 6.07) is 14.1. The second kappa shape index (κ2) is 13.2. The highest BCUT2D eigenvalue weighted by molar-refractivity contribution is 6.35. The van der Waals surface area contributed by atoms with Gasteiger partial charge in [0.25, 0.3) is 0 Å². The van der Waals surface area contributed by atoms with E-state index < -0.39 is 6.04 Å². The number of benzene rings is 2. The number of carbonyl (C=O) groups excluding carboxylic acids is 2. The molecule has 7 heteroatoms. The van der Waals surface area contributed by atoms with E-state index in [-0.39, 0.29) is 24.8 Å². The van der Waals surface area contributed by atoms with Crippen LogP contribution in [-0.2, 0) is 16.1 Å². The van der Waals surface area contributed by atoms with Gasteiger partial charge < -0.3 is 15.0 Å². The van der Waals surface area contributed by atoms with Gasteiger partial charge in [-0.25, -0.2) is 0 Å². The van der Waals surface area contributed by atoms with Crippen molar-refractivity contribution in [3.8, 4) is 5.75 Å². The number of halogens is 2. The molecule has 31 heavy (non-hydrogen) atoms. The molecule has 0 spiro atoms. The third kappa shape index (κ3) is 8.08. The predicted molar refractivity (Wildman–Crippen MR) is 126 cm³/mol. The Morgan fingerprint density at radius 1 is 1.10 bits per heavy atom. The monoisotopic (exact) mass is 464 g/mol. The molecule has 0 saturated heterocycles. The first-order chi connectivity index (χ1) is 15.0. The molecule has 0 aliphatic rings. The number of nitrogens with one attached hydrogen (secondary N) is 1. The molecule has 2 amide bonds. The van der Waals surface area contributed by atoms with Gasteiger partial charge in [-0.2, -0.15) is 0 Å². The van der Waals surface area contributed by atoms with Crippen LogP contribution in [0.15, 0.2) is 48.5 Å². The van der Waals surface area contributed by atoms with Crippen LogP contribution in [0.4, 0.5) is 0 Å². The fourth-order valence-corrected chi connectivity index (χ4v) is 3.66. The van der Waals surface area contributed by atoms with Crippen molar-refractivity contribution >= 4 is 35.0 Å². The molecule has 0 heterocycles. The SMILES string of the molecule is CCCNC(=O)C(CC)N(Cc1ccc(Cl)cc1Cl)C(=O)CCCOc1ccccc1. The number of carbonyl (C=O) groups is 2. The molecule has 2 aromatic carbocycles. The summed E-state index contributed by atoms with van der Waals surface area (Å²) in [4.78, 5) is 27.5. The molecule has 1 unspecified atom stereocenters. The lowest BCUT2D eigenvalue weighted by Crippen LogP contribution is -2.49. The zero-order chi connectivity index (χ0) is 22.6. The quantitative estimate of drug-likeness (QED) is 0.422. The summed E-state index contributed by atoms with van der Waals surface area (Å²) in [5.74, 6) is 0.509. The van der Waals surface area contributed by atoms with Crippen molar-refractivity contribution in [1.82, 2.24) is 10.2 Å². The molecular weight excluding hydrogens is 435 g/mol. The standard InChI is InChI=1S/C24H30Cl2N2O3/c1-3-14-27-24(30)22(4-2)28(17-18-12-13-19(25)16-21(18)26)23(29)11-8-15-31-20-9-6-5-7-10-20/h5-7,9-10,12-13,16,22H,3-4,8,11,14-15,17H2,1-2H3,(H,27,30). The Hall–Kier alpha value is -2.24. The summed E-state index contributed by atoms with van der Waals surface area (Å²) >= 11 is 12.3. The molecule has 0 radical (unpaired) electrons. The van der Waals surface area contributed by atoms with Crippen LogP contribution >= 0.6 is 23.2 Å². The summed E-state index contributed by atoms with van der Waals surface area (Å²) in [5.41, 5.74) is 0.752. The Kier molecular flexibility index (Phi) is 10.7. The molecule has 168 valence electrons. The van der Waals surface area contributed by atoms with Gasteiger partial charge in [-0.1, -0.05) is 61.3 Å². The number of nitrogens with zero attached hydrogens (tertiary/aromatic N) is 1. The van der Waals surface area contributed by atoms with E-state index in [4.69, 9.17) is 27.9 Å². The zero-order valence-electron chi connectivity index (χ0n) is 18.1. The van der Waals surface area contributed by atoms with Gasteiger partial charge >= 0.3 is 0 Å². The maximum Gasteiger partial charge on any atom is 0.242 e. The molecule has 2 rings (SSSR count). The van der Waals surface area contributed by atoms with E-state index in [1.165, 1.54) is 0 Å². The average Bonchev–Trinajstić information content (AvgIpc) is 2.77. The molecule has 0 saturated carbocycles. The lowest BCUT2D eigenvalue weighted by Gasteiger charge is -2.31. The summed E-state index contributed by atoms with van der Waals surface area (Å²) in [6.07, 6.45) is 2.16. The van der Waals surface area contributed by atoms with E-state index in [9.17, 15) is 9.59 Å². The van der Waals surface area contributed by atoms with Crippen LogP contribution in [0.25, 0.3) is 0 Å². The number of rotatable bonds is 12. The van der Waals surface area contributed by atoms with Crippen LogP contribution < -0.4 is 10.1 Å². The van der Waals surface area contributed by atoms with E-state index in [1.807, 2.05) is 44.2 Å². The summed E-state index contributed by atoms with van der Waals surface area (Å²) in [7, 11) is 0. The van der Waals surface area contributed by atoms with Crippen LogP contribution in [0.1, 0.15) is 45.1 Å². The topological polar surface area (TPSA) is 58.6 Å². The Morgan fingerprint density at radius 2 is 1.84 bits per heavy atom. The third-order valence-electron chi connectivity index (χ3n) is 4.84. The molecule has 0 aliphatic heterocycles. The minimum absolute atomic E-state index is 0.110. The van der Waals surface area contributed by atoms with Crippen molar-refractivity contribution in [2.24, 2.45) is 0 Å². The van der Waals surface area contributed by atoms with E-state index >= 15 is 0 Å². The number of hydrogen-bond donors (Lipinski definition) is 1. The molecule has 0 aliphatic carbocycles. The van der Waals surface area contributed by atoms with E-state index in [2.05, 4.69) is 5.32 Å². The van der Waals surface area contributed by atoms with Crippen LogP contribution in [0.5, 0.6) is 5.75 Å². The van der Waals surface area contributed by atoms with Gasteiger partial charge in [0, 0.05) is 29.6 Å². The van der Waals surface area contributed by atoms with E-state index in [1.54, 1.807) is 23.1 Å². The van der Waals surface area contributed by atoms with Gasteiger partial charge in [0.15, 0.2) is 0 Å². The van der Waals surface area contributed by atoms with Crippen molar-refractivity contribution in [1.29, 1.82) is 0 Å². The van der Waals surface area contributed by atoms with E-state index in [0.29, 0.717) is 36.0 Å². The number of amides is 2. The van der Waals surface area contributed by atoms with Gasteiger partial charge in [0.1, 0.15) is 11.8 Å². The van der Waals surface area contributed by atoms with Crippen LogP contribution in [0.3, 0.4) is 0 Å². The molecule has 1 atom stereocenters. The van der Waals surface area contributed by atoms with Gasteiger partial charge in [0.05, 0.1) is 6.61 Å². The normalized spacial score (nSPS) is 11.6. The second-order valence-corrected chi connectivity index (χ2v) is 8.08. The number of para-hydroxylation sites is 1. The molecule has 5 nitrogen and oxygen atoms in total. The predicted octanol–water partition coefficient (Wildman–Crippen LogP) is 5.49. The van der Waals surface area contributed by atoms with Crippen molar-refractivity contribution in [3.05, 3.63) is 64.1 Å². The highest BCUT2D eigenvalue weighted by Crippen LogP contribution is 2.24. The van der Waals surface area contributed by atoms with Crippen LogP contribution in [-0.4, -0.2) is 35.9 Å². The molecule has 0 aromatic heterocycles. The Labute approximate surface area is 194 Å². The Bertz CT molecular complexity index is 846. The van der Waals surface area contributed by atoms with Crippen LogP contribution in [0, 0.1) is 0 Å². The van der Waals surface area contributed by atoms with E-state index in [0.717, 1.165) is 17.7 Å². The third-order valence-corrected chi connectivity index (χ3v) is 5.42. The average molecular weight is 465 g/mol. The first-order valence-corrected chi connectivity index (χ1v) is 11.4. The summed E-state index contributed by atoms with van der Waals surface area (Å²) < 4.78 is 5.69. The molecular formula is C24H30Cl2N2O3. The fraction of sp³-hybridized carbons (Fsp3) is 0.417. The first-order valence-electron chi connectivity index (χ1n) is 10.6. The number of ether oxygens (including phenoxy) is 1. The Balaban J connectivity index is 2.08. The minimum Gasteiger partial charge on any atom is -0.494 e. The van der Waals surface area contributed by atoms with Gasteiger partial charge in [-0.3, -0.25) is 9.59 Å². The van der Waals surface area contributed by atoms with Crippen LogP contribution in [0.2, 0.25) is 10.0 Å². The molecule has 0 fully saturated rings. The Morgan fingerprint density at radius 3 is 2.48 bits per heavy atom. The maximum absolute atomic E-state index is 13.1. The van der Waals surface area contributed by atoms with Gasteiger partial charge in [-0.05, 0) is 49.1 Å². The van der Waals surface area contributed by atoms with Gasteiger partial charge in [-0.15, -0.1) is 0 Å². The largest absolute Gasteiger partial charge is 0.494 e. The maximum atomic E-state index is 13.1. The molecule has 0 bridgehead atoms. The minimum atomic E-state index is -0.569. The van der Waals surface area contributed by atoms with Crippen molar-refractivity contribution in [2.75, 3.05) is 13.2 Å². The smallest absolute Gasteiger partial charge is 0.242 e.